The number of nitrogens with one attached hydrogen (secondary N) is 1. The molecule has 0 aromatic heterocycles. The highest BCUT2D eigenvalue weighted by Gasteiger charge is 2.31. The van der Waals surface area contributed by atoms with Gasteiger partial charge >= 0.3 is 0 Å². The minimum Gasteiger partial charge on any atom is -0.497 e. The Morgan fingerprint density at radius 2 is 1.75 bits per heavy atom. The molecular weight excluding hydrogens is 356 g/mol. The van der Waals surface area contributed by atoms with E-state index >= 15 is 0 Å². The number of rotatable bonds is 7. The van der Waals surface area contributed by atoms with Crippen molar-refractivity contribution in [3.8, 4) is 11.5 Å². The third kappa shape index (κ3) is 4.82. The van der Waals surface area contributed by atoms with Gasteiger partial charge in [0.1, 0.15) is 11.5 Å². The molecule has 0 bridgehead atoms. The van der Waals surface area contributed by atoms with E-state index in [2.05, 4.69) is 19.2 Å². The number of methoxy groups -OCH3 is 1. The van der Waals surface area contributed by atoms with Crippen LogP contribution in [0.4, 0.5) is 5.69 Å². The Balaban J connectivity index is 1.49. The molecule has 2 aromatic rings. The number of nitrogens with zero attached hydrogens (tertiary/aromatic N) is 1. The van der Waals surface area contributed by atoms with E-state index in [1.54, 1.807) is 12.0 Å². The van der Waals surface area contributed by atoms with E-state index in [9.17, 15) is 9.59 Å². The molecule has 1 N–H and O–H groups in total. The van der Waals surface area contributed by atoms with Gasteiger partial charge in [0, 0.05) is 18.7 Å². The van der Waals surface area contributed by atoms with Crippen LogP contribution < -0.4 is 19.7 Å². The molecule has 0 spiro atoms. The van der Waals surface area contributed by atoms with Crippen molar-refractivity contribution < 1.29 is 19.1 Å². The van der Waals surface area contributed by atoms with Crippen LogP contribution in [-0.2, 0) is 9.59 Å². The largest absolute Gasteiger partial charge is 0.497 e. The summed E-state index contributed by atoms with van der Waals surface area (Å²) < 4.78 is 10.7. The molecule has 6 heteroatoms. The summed E-state index contributed by atoms with van der Waals surface area (Å²) in [6, 6.07) is 14.8. The van der Waals surface area contributed by atoms with E-state index in [4.69, 9.17) is 9.47 Å². The summed E-state index contributed by atoms with van der Waals surface area (Å²) in [6.45, 7) is 4.62. The smallest absolute Gasteiger partial charge is 0.258 e. The number of anilines is 1. The lowest BCUT2D eigenvalue weighted by Gasteiger charge is -2.17. The normalized spacial score (nSPS) is 16.4. The lowest BCUT2D eigenvalue weighted by molar-refractivity contribution is -0.123. The van der Waals surface area contributed by atoms with Gasteiger partial charge in [0.25, 0.3) is 5.91 Å². The number of hydrogen-bond acceptors (Lipinski definition) is 4. The topological polar surface area (TPSA) is 67.9 Å². The Labute approximate surface area is 165 Å². The van der Waals surface area contributed by atoms with E-state index in [0.717, 1.165) is 11.4 Å². The Hall–Kier alpha value is -3.02. The van der Waals surface area contributed by atoms with Crippen LogP contribution in [0.3, 0.4) is 0 Å². The summed E-state index contributed by atoms with van der Waals surface area (Å²) in [5.41, 5.74) is 2.02. The number of ether oxygens (including phenoxy) is 2. The molecule has 0 unspecified atom stereocenters. The monoisotopic (exact) mass is 382 g/mol. The SMILES string of the molecule is COc1ccc(N2C[C@@H](NC(=O)COc3ccc(C(C)C)cc3)CC2=O)cc1. The second-order valence-corrected chi connectivity index (χ2v) is 7.18. The highest BCUT2D eigenvalue weighted by atomic mass is 16.5. The molecule has 1 aliphatic heterocycles. The average Bonchev–Trinajstić information content (AvgIpc) is 3.06. The first-order chi connectivity index (χ1) is 13.5. The van der Waals surface area contributed by atoms with Crippen molar-refractivity contribution in [2.24, 2.45) is 0 Å². The molecule has 6 nitrogen and oxygen atoms in total. The van der Waals surface area contributed by atoms with Crippen molar-refractivity contribution in [1.29, 1.82) is 0 Å². The van der Waals surface area contributed by atoms with Gasteiger partial charge in [-0.25, -0.2) is 0 Å². The minimum atomic E-state index is -0.234. The summed E-state index contributed by atoms with van der Waals surface area (Å²) in [5.74, 6) is 1.59. The fourth-order valence-corrected chi connectivity index (χ4v) is 3.18. The van der Waals surface area contributed by atoms with Crippen LogP contribution >= 0.6 is 0 Å². The van der Waals surface area contributed by atoms with Crippen LogP contribution in [0.5, 0.6) is 11.5 Å². The van der Waals surface area contributed by atoms with Crippen LogP contribution in [0.15, 0.2) is 48.5 Å². The summed E-state index contributed by atoms with van der Waals surface area (Å²) in [7, 11) is 1.60. The molecule has 3 rings (SSSR count). The fraction of sp³-hybridized carbons (Fsp3) is 0.364. The van der Waals surface area contributed by atoms with Gasteiger partial charge in [-0.05, 0) is 47.9 Å². The predicted molar refractivity (Wildman–Crippen MR) is 108 cm³/mol. The predicted octanol–water partition coefficient (Wildman–Crippen LogP) is 3.12. The quantitative estimate of drug-likeness (QED) is 0.799. The standard InChI is InChI=1S/C22H26N2O4/c1-15(2)16-4-8-20(9-5-16)28-14-21(25)23-17-12-22(26)24(13-17)18-6-10-19(27-3)11-7-18/h4-11,15,17H,12-14H2,1-3H3,(H,23,25)/t17-/m0/s1. The Kier molecular flexibility index (Phi) is 6.19. The number of benzene rings is 2. The van der Waals surface area contributed by atoms with E-state index in [1.165, 1.54) is 5.56 Å². The first kappa shape index (κ1) is 19.7. The van der Waals surface area contributed by atoms with Gasteiger partial charge in [-0.15, -0.1) is 0 Å². The van der Waals surface area contributed by atoms with Crippen molar-refractivity contribution in [3.05, 3.63) is 54.1 Å². The summed E-state index contributed by atoms with van der Waals surface area (Å²) >= 11 is 0. The second-order valence-electron chi connectivity index (χ2n) is 7.18. The molecule has 0 radical (unpaired) electrons. The molecule has 1 atom stereocenters. The molecule has 1 heterocycles. The highest BCUT2D eigenvalue weighted by Crippen LogP contribution is 2.24. The molecule has 1 saturated heterocycles. The third-order valence-corrected chi connectivity index (χ3v) is 4.79. The Morgan fingerprint density at radius 3 is 2.36 bits per heavy atom. The fourth-order valence-electron chi connectivity index (χ4n) is 3.18. The summed E-state index contributed by atoms with van der Waals surface area (Å²) in [5, 5.41) is 2.88. The van der Waals surface area contributed by atoms with Crippen molar-refractivity contribution in [3.63, 3.8) is 0 Å². The minimum absolute atomic E-state index is 0.0133. The number of carbonyl (C=O) groups is 2. The Morgan fingerprint density at radius 1 is 1.11 bits per heavy atom. The van der Waals surface area contributed by atoms with Crippen LogP contribution in [0.2, 0.25) is 0 Å². The summed E-state index contributed by atoms with van der Waals surface area (Å²) in [4.78, 5) is 26.2. The maximum atomic E-state index is 12.3. The van der Waals surface area contributed by atoms with Gasteiger partial charge in [-0.1, -0.05) is 26.0 Å². The molecule has 2 aromatic carbocycles. The van der Waals surface area contributed by atoms with Gasteiger partial charge in [0.2, 0.25) is 5.91 Å². The number of hydrogen-bond donors (Lipinski definition) is 1. The molecule has 2 amide bonds. The van der Waals surface area contributed by atoms with Gasteiger partial charge in [0.05, 0.1) is 13.2 Å². The molecule has 0 saturated carbocycles. The number of carbonyl (C=O) groups excluding carboxylic acids is 2. The first-order valence-electron chi connectivity index (χ1n) is 9.43. The lowest BCUT2D eigenvalue weighted by atomic mass is 10.0. The van der Waals surface area contributed by atoms with Gasteiger partial charge in [0.15, 0.2) is 6.61 Å². The van der Waals surface area contributed by atoms with Crippen LogP contribution in [0.1, 0.15) is 31.7 Å². The van der Waals surface area contributed by atoms with Crippen LogP contribution in [0, 0.1) is 0 Å². The van der Waals surface area contributed by atoms with Gasteiger partial charge in [-0.3, -0.25) is 9.59 Å². The van der Waals surface area contributed by atoms with E-state index < -0.39 is 0 Å². The average molecular weight is 382 g/mol. The molecular formula is C22H26N2O4. The van der Waals surface area contributed by atoms with E-state index in [-0.39, 0.29) is 30.9 Å². The third-order valence-electron chi connectivity index (χ3n) is 4.79. The van der Waals surface area contributed by atoms with E-state index in [0.29, 0.717) is 18.2 Å². The zero-order valence-electron chi connectivity index (χ0n) is 16.5. The van der Waals surface area contributed by atoms with Crippen molar-refractivity contribution in [2.45, 2.75) is 32.2 Å². The van der Waals surface area contributed by atoms with Crippen molar-refractivity contribution in [1.82, 2.24) is 5.32 Å². The maximum absolute atomic E-state index is 12.3. The van der Waals surface area contributed by atoms with Crippen LogP contribution in [-0.4, -0.2) is 38.1 Å². The molecule has 28 heavy (non-hydrogen) atoms. The van der Waals surface area contributed by atoms with Gasteiger partial charge in [-0.2, -0.15) is 0 Å². The van der Waals surface area contributed by atoms with Crippen LogP contribution in [0.25, 0.3) is 0 Å². The maximum Gasteiger partial charge on any atom is 0.258 e. The first-order valence-corrected chi connectivity index (χ1v) is 9.43. The van der Waals surface area contributed by atoms with E-state index in [1.807, 2.05) is 48.5 Å². The van der Waals surface area contributed by atoms with Crippen molar-refractivity contribution >= 4 is 17.5 Å². The highest BCUT2D eigenvalue weighted by molar-refractivity contribution is 5.97. The number of amides is 2. The van der Waals surface area contributed by atoms with Crippen molar-refractivity contribution in [2.75, 3.05) is 25.2 Å². The zero-order valence-corrected chi connectivity index (χ0v) is 16.5. The second kappa shape index (κ2) is 8.78. The molecule has 148 valence electrons. The molecule has 0 aliphatic carbocycles. The Bertz CT molecular complexity index is 815. The lowest BCUT2D eigenvalue weighted by Crippen LogP contribution is -2.39. The summed E-state index contributed by atoms with van der Waals surface area (Å²) in [6.07, 6.45) is 0.279. The molecule has 1 aliphatic rings. The molecule has 1 fully saturated rings. The van der Waals surface area contributed by atoms with Gasteiger partial charge < -0.3 is 19.7 Å². The zero-order chi connectivity index (χ0) is 20.1.